The Kier molecular flexibility index (Phi) is 3.16. The van der Waals surface area contributed by atoms with Crippen molar-refractivity contribution in [1.82, 2.24) is 15.0 Å². The fraction of sp³-hybridized carbons (Fsp3) is 0.133. The Hall–Kier alpha value is -2.69. The summed E-state index contributed by atoms with van der Waals surface area (Å²) in [5.74, 6) is 1.09. The van der Waals surface area contributed by atoms with Crippen molar-refractivity contribution in [3.8, 4) is 22.7 Å². The zero-order chi connectivity index (χ0) is 13.9. The Balaban J connectivity index is 2.25. The van der Waals surface area contributed by atoms with Crippen LogP contribution in [0.2, 0.25) is 0 Å². The lowest BCUT2D eigenvalue weighted by Crippen LogP contribution is -2.04. The van der Waals surface area contributed by atoms with Crippen LogP contribution in [-0.2, 0) is 6.42 Å². The number of hydrogen-bond donors (Lipinski definition) is 1. The van der Waals surface area contributed by atoms with Gasteiger partial charge in [-0.3, -0.25) is 4.98 Å². The zero-order valence-electron chi connectivity index (χ0n) is 11.1. The standard InChI is InChI=1S/C15H14N4O/c1-2-11-15(16)19-14(12-4-3-9-20-12)13(18-11)10-5-7-17-8-6-10/h3-9H,2H2,1H3,(H2,16,19). The van der Waals surface area contributed by atoms with E-state index in [-0.39, 0.29) is 0 Å². The highest BCUT2D eigenvalue weighted by Crippen LogP contribution is 2.30. The third kappa shape index (κ3) is 2.14. The average Bonchev–Trinajstić information content (AvgIpc) is 3.02. The molecule has 3 aromatic heterocycles. The van der Waals surface area contributed by atoms with E-state index in [1.807, 2.05) is 31.2 Å². The van der Waals surface area contributed by atoms with Gasteiger partial charge < -0.3 is 10.2 Å². The quantitative estimate of drug-likeness (QED) is 0.788. The van der Waals surface area contributed by atoms with Crippen LogP contribution in [0.5, 0.6) is 0 Å². The fourth-order valence-electron chi connectivity index (χ4n) is 2.04. The molecule has 0 aliphatic rings. The van der Waals surface area contributed by atoms with E-state index in [0.717, 1.165) is 23.4 Å². The first kappa shape index (κ1) is 12.3. The van der Waals surface area contributed by atoms with E-state index in [2.05, 4.69) is 15.0 Å². The molecule has 0 saturated heterocycles. The van der Waals surface area contributed by atoms with Gasteiger partial charge in [-0.1, -0.05) is 6.92 Å². The van der Waals surface area contributed by atoms with E-state index in [4.69, 9.17) is 10.2 Å². The van der Waals surface area contributed by atoms with Gasteiger partial charge >= 0.3 is 0 Å². The van der Waals surface area contributed by atoms with Crippen LogP contribution >= 0.6 is 0 Å². The number of furan rings is 1. The van der Waals surface area contributed by atoms with Crippen LogP contribution in [0.4, 0.5) is 5.82 Å². The SMILES string of the molecule is CCc1nc(-c2ccncc2)c(-c2ccco2)nc1N. The van der Waals surface area contributed by atoms with Crippen molar-refractivity contribution in [2.75, 3.05) is 5.73 Å². The van der Waals surface area contributed by atoms with Gasteiger partial charge in [0.1, 0.15) is 17.2 Å². The Bertz CT molecular complexity index is 708. The summed E-state index contributed by atoms with van der Waals surface area (Å²) in [5, 5.41) is 0. The maximum Gasteiger partial charge on any atom is 0.154 e. The molecule has 0 saturated carbocycles. The van der Waals surface area contributed by atoms with Crippen molar-refractivity contribution < 1.29 is 4.42 Å². The molecule has 0 aliphatic carbocycles. The van der Waals surface area contributed by atoms with Crippen LogP contribution in [0.1, 0.15) is 12.6 Å². The second-order valence-corrected chi connectivity index (χ2v) is 4.32. The largest absolute Gasteiger partial charge is 0.463 e. The topological polar surface area (TPSA) is 77.8 Å². The van der Waals surface area contributed by atoms with Gasteiger partial charge in [0.05, 0.1) is 12.0 Å². The van der Waals surface area contributed by atoms with Crippen molar-refractivity contribution in [1.29, 1.82) is 0 Å². The number of pyridine rings is 1. The molecule has 0 aliphatic heterocycles. The molecule has 3 heterocycles. The van der Waals surface area contributed by atoms with Gasteiger partial charge in [-0.05, 0) is 30.7 Å². The second kappa shape index (κ2) is 5.13. The number of nitrogen functional groups attached to an aromatic ring is 1. The van der Waals surface area contributed by atoms with E-state index >= 15 is 0 Å². The molecule has 5 nitrogen and oxygen atoms in total. The highest BCUT2D eigenvalue weighted by Gasteiger charge is 2.16. The third-order valence-corrected chi connectivity index (χ3v) is 3.04. The Labute approximate surface area is 116 Å². The monoisotopic (exact) mass is 266 g/mol. The van der Waals surface area contributed by atoms with E-state index in [1.165, 1.54) is 0 Å². The lowest BCUT2D eigenvalue weighted by molar-refractivity contribution is 0.580. The van der Waals surface area contributed by atoms with E-state index < -0.39 is 0 Å². The lowest BCUT2D eigenvalue weighted by atomic mass is 10.1. The molecule has 100 valence electrons. The van der Waals surface area contributed by atoms with Crippen LogP contribution in [0, 0.1) is 0 Å². The molecule has 5 heteroatoms. The number of nitrogens with zero attached hydrogens (tertiary/aromatic N) is 3. The number of hydrogen-bond acceptors (Lipinski definition) is 5. The minimum Gasteiger partial charge on any atom is -0.463 e. The first-order valence-corrected chi connectivity index (χ1v) is 6.40. The van der Waals surface area contributed by atoms with Gasteiger partial charge in [0.2, 0.25) is 0 Å². The molecule has 2 N–H and O–H groups in total. The molecule has 0 amide bonds. The Morgan fingerprint density at radius 2 is 1.90 bits per heavy atom. The highest BCUT2D eigenvalue weighted by atomic mass is 16.3. The Morgan fingerprint density at radius 3 is 2.55 bits per heavy atom. The molecular formula is C15H14N4O. The number of rotatable bonds is 3. The number of anilines is 1. The number of nitrogens with two attached hydrogens (primary N) is 1. The summed E-state index contributed by atoms with van der Waals surface area (Å²) in [5.41, 5.74) is 9.09. The summed E-state index contributed by atoms with van der Waals surface area (Å²) in [7, 11) is 0. The predicted octanol–water partition coefficient (Wildman–Crippen LogP) is 2.94. The summed E-state index contributed by atoms with van der Waals surface area (Å²) in [4.78, 5) is 13.1. The van der Waals surface area contributed by atoms with Gasteiger partial charge in [0.15, 0.2) is 5.76 Å². The van der Waals surface area contributed by atoms with Crippen LogP contribution < -0.4 is 5.73 Å². The van der Waals surface area contributed by atoms with Gasteiger partial charge in [0, 0.05) is 18.0 Å². The fourth-order valence-corrected chi connectivity index (χ4v) is 2.04. The highest BCUT2D eigenvalue weighted by molar-refractivity contribution is 5.76. The molecule has 3 rings (SSSR count). The predicted molar refractivity (Wildman–Crippen MR) is 76.8 cm³/mol. The molecule has 3 aromatic rings. The minimum atomic E-state index is 0.441. The normalized spacial score (nSPS) is 10.7. The van der Waals surface area contributed by atoms with Crippen molar-refractivity contribution in [3.63, 3.8) is 0 Å². The van der Waals surface area contributed by atoms with Gasteiger partial charge in [0.25, 0.3) is 0 Å². The van der Waals surface area contributed by atoms with Gasteiger partial charge in [-0.2, -0.15) is 0 Å². The van der Waals surface area contributed by atoms with E-state index in [9.17, 15) is 0 Å². The first-order valence-electron chi connectivity index (χ1n) is 6.40. The number of aryl methyl sites for hydroxylation is 1. The van der Waals surface area contributed by atoms with Crippen molar-refractivity contribution in [2.45, 2.75) is 13.3 Å². The smallest absolute Gasteiger partial charge is 0.154 e. The number of aromatic nitrogens is 3. The van der Waals surface area contributed by atoms with Crippen molar-refractivity contribution in [3.05, 3.63) is 48.6 Å². The zero-order valence-corrected chi connectivity index (χ0v) is 11.1. The molecule has 0 fully saturated rings. The summed E-state index contributed by atoms with van der Waals surface area (Å²) in [6.45, 7) is 2.00. The second-order valence-electron chi connectivity index (χ2n) is 4.32. The average molecular weight is 266 g/mol. The molecule has 0 aromatic carbocycles. The minimum absolute atomic E-state index is 0.441. The lowest BCUT2D eigenvalue weighted by Gasteiger charge is -2.10. The maximum absolute atomic E-state index is 5.96. The van der Waals surface area contributed by atoms with Crippen LogP contribution in [-0.4, -0.2) is 15.0 Å². The van der Waals surface area contributed by atoms with E-state index in [1.54, 1.807) is 18.7 Å². The molecular weight excluding hydrogens is 252 g/mol. The third-order valence-electron chi connectivity index (χ3n) is 3.04. The molecule has 0 unspecified atom stereocenters. The van der Waals surface area contributed by atoms with Gasteiger partial charge in [-0.25, -0.2) is 9.97 Å². The molecule has 0 spiro atoms. The van der Waals surface area contributed by atoms with Crippen LogP contribution in [0.25, 0.3) is 22.7 Å². The van der Waals surface area contributed by atoms with Gasteiger partial charge in [-0.15, -0.1) is 0 Å². The molecule has 0 bridgehead atoms. The molecule has 0 radical (unpaired) electrons. The summed E-state index contributed by atoms with van der Waals surface area (Å²) in [6.07, 6.45) is 5.79. The van der Waals surface area contributed by atoms with Crippen molar-refractivity contribution in [2.24, 2.45) is 0 Å². The van der Waals surface area contributed by atoms with Crippen LogP contribution in [0.3, 0.4) is 0 Å². The van der Waals surface area contributed by atoms with E-state index in [0.29, 0.717) is 17.3 Å². The first-order chi connectivity index (χ1) is 9.79. The molecule has 0 atom stereocenters. The summed E-state index contributed by atoms with van der Waals surface area (Å²) < 4.78 is 5.44. The molecule has 20 heavy (non-hydrogen) atoms. The maximum atomic E-state index is 5.96. The summed E-state index contributed by atoms with van der Waals surface area (Å²) in [6, 6.07) is 7.45. The summed E-state index contributed by atoms with van der Waals surface area (Å²) >= 11 is 0. The van der Waals surface area contributed by atoms with Crippen LogP contribution in [0.15, 0.2) is 47.3 Å². The van der Waals surface area contributed by atoms with Crippen molar-refractivity contribution >= 4 is 5.82 Å². The Morgan fingerprint density at radius 1 is 1.10 bits per heavy atom.